The van der Waals surface area contributed by atoms with Crippen molar-refractivity contribution in [2.45, 2.75) is 4.90 Å². The number of methoxy groups -OCH3 is 1. The number of hydrogen-bond donors (Lipinski definition) is 2. The smallest absolute Gasteiger partial charge is 0.269 e. The van der Waals surface area contributed by atoms with Crippen molar-refractivity contribution in [3.05, 3.63) is 119 Å². The van der Waals surface area contributed by atoms with Crippen molar-refractivity contribution in [3.8, 4) is 11.5 Å². The number of rotatable bonds is 13. The minimum absolute atomic E-state index is 0.0609. The molecular weight excluding hydrogens is 590 g/mol. The molecule has 0 aliphatic carbocycles. The number of nitro benzene ring substituents is 1. The molecular formula is C30H27N5O8S. The second-order valence-corrected chi connectivity index (χ2v) is 10.9. The van der Waals surface area contributed by atoms with E-state index in [1.807, 2.05) is 0 Å². The lowest BCUT2D eigenvalue weighted by molar-refractivity contribution is -0.384. The van der Waals surface area contributed by atoms with Crippen molar-refractivity contribution in [3.63, 3.8) is 0 Å². The molecule has 14 heteroatoms. The van der Waals surface area contributed by atoms with Crippen LogP contribution in [0, 0.1) is 10.1 Å². The van der Waals surface area contributed by atoms with Crippen LogP contribution in [0.3, 0.4) is 0 Å². The standard InChI is InChI=1S/C30H27N5O8S/c1-42-28-10-6-5-9-27(28)32-30(37)21-43-25-17-11-22(12-18-25)19-31-33-29(36)20-34(23-13-15-24(16-14-23)35(38)39)44(40,41)26-7-3-2-4-8-26/h2-19H,20-21H2,1H3,(H,32,37)(H,33,36)/b31-19-. The molecule has 0 saturated heterocycles. The van der Waals surface area contributed by atoms with Crippen molar-refractivity contribution >= 4 is 45.1 Å². The number of nitrogens with one attached hydrogen (secondary N) is 2. The highest BCUT2D eigenvalue weighted by molar-refractivity contribution is 7.92. The van der Waals surface area contributed by atoms with Crippen LogP contribution in [-0.2, 0) is 19.6 Å². The van der Waals surface area contributed by atoms with Gasteiger partial charge in [0.2, 0.25) is 0 Å². The van der Waals surface area contributed by atoms with E-state index in [9.17, 15) is 28.1 Å². The van der Waals surface area contributed by atoms with Crippen molar-refractivity contribution in [2.24, 2.45) is 5.10 Å². The minimum Gasteiger partial charge on any atom is -0.495 e. The summed E-state index contributed by atoms with van der Waals surface area (Å²) in [6, 6.07) is 25.8. The first kappa shape index (κ1) is 31.2. The average Bonchev–Trinajstić information content (AvgIpc) is 3.04. The van der Waals surface area contributed by atoms with Gasteiger partial charge in [0, 0.05) is 12.1 Å². The van der Waals surface area contributed by atoms with E-state index >= 15 is 0 Å². The molecule has 0 aliphatic heterocycles. The predicted octanol–water partition coefficient (Wildman–Crippen LogP) is 3.97. The number of carbonyl (C=O) groups excluding carboxylic acids is 2. The molecule has 0 aromatic heterocycles. The molecule has 0 bridgehead atoms. The maximum absolute atomic E-state index is 13.4. The Kier molecular flexibility index (Phi) is 10.2. The Balaban J connectivity index is 1.36. The topological polar surface area (TPSA) is 170 Å². The van der Waals surface area contributed by atoms with E-state index in [1.54, 1.807) is 66.7 Å². The summed E-state index contributed by atoms with van der Waals surface area (Å²) in [7, 11) is -2.69. The molecule has 2 N–H and O–H groups in total. The van der Waals surface area contributed by atoms with Gasteiger partial charge in [0.1, 0.15) is 18.0 Å². The molecule has 13 nitrogen and oxygen atoms in total. The maximum Gasteiger partial charge on any atom is 0.269 e. The highest BCUT2D eigenvalue weighted by atomic mass is 32.2. The van der Waals surface area contributed by atoms with E-state index in [0.29, 0.717) is 22.7 Å². The summed E-state index contributed by atoms with van der Waals surface area (Å²) in [5.41, 5.74) is 3.23. The summed E-state index contributed by atoms with van der Waals surface area (Å²) < 4.78 is 38.3. The molecule has 0 fully saturated rings. The van der Waals surface area contributed by atoms with Crippen LogP contribution in [0.1, 0.15) is 5.56 Å². The van der Waals surface area contributed by atoms with Crippen molar-refractivity contribution in [1.82, 2.24) is 5.43 Å². The molecule has 0 unspecified atom stereocenters. The third kappa shape index (κ3) is 8.17. The van der Waals surface area contributed by atoms with Gasteiger partial charge >= 0.3 is 0 Å². The van der Waals surface area contributed by atoms with E-state index in [1.165, 1.54) is 37.6 Å². The Hall–Kier alpha value is -5.76. The number of nitro groups is 1. The second kappa shape index (κ2) is 14.4. The van der Waals surface area contributed by atoms with E-state index in [-0.39, 0.29) is 28.8 Å². The van der Waals surface area contributed by atoms with Gasteiger partial charge in [-0.1, -0.05) is 30.3 Å². The van der Waals surface area contributed by atoms with Crippen LogP contribution in [0.2, 0.25) is 0 Å². The quantitative estimate of drug-likeness (QED) is 0.129. The van der Waals surface area contributed by atoms with Gasteiger partial charge in [-0.2, -0.15) is 5.10 Å². The van der Waals surface area contributed by atoms with Crippen LogP contribution in [0.4, 0.5) is 17.1 Å². The molecule has 226 valence electrons. The largest absolute Gasteiger partial charge is 0.495 e. The Morgan fingerprint density at radius 3 is 2.23 bits per heavy atom. The summed E-state index contributed by atoms with van der Waals surface area (Å²) in [6.45, 7) is -0.880. The first-order chi connectivity index (χ1) is 21.2. The van der Waals surface area contributed by atoms with E-state index in [2.05, 4.69) is 15.8 Å². The Morgan fingerprint density at radius 1 is 0.909 bits per heavy atom. The number of para-hydroxylation sites is 2. The summed E-state index contributed by atoms with van der Waals surface area (Å²) >= 11 is 0. The fourth-order valence-corrected chi connectivity index (χ4v) is 5.30. The number of nitrogens with zero attached hydrogens (tertiary/aromatic N) is 3. The molecule has 2 amide bonds. The highest BCUT2D eigenvalue weighted by Crippen LogP contribution is 2.26. The Labute approximate surface area is 252 Å². The molecule has 0 heterocycles. The van der Waals surface area contributed by atoms with E-state index < -0.39 is 27.4 Å². The number of anilines is 2. The second-order valence-electron chi connectivity index (χ2n) is 9.00. The number of hydrazone groups is 1. The number of hydrogen-bond acceptors (Lipinski definition) is 9. The fraction of sp³-hybridized carbons (Fsp3) is 0.100. The minimum atomic E-state index is -4.20. The number of benzene rings is 4. The van der Waals surface area contributed by atoms with Gasteiger partial charge < -0.3 is 14.8 Å². The number of carbonyl (C=O) groups is 2. The van der Waals surface area contributed by atoms with Gasteiger partial charge in [-0.05, 0) is 66.2 Å². The van der Waals surface area contributed by atoms with Crippen LogP contribution in [0.25, 0.3) is 0 Å². The lowest BCUT2D eigenvalue weighted by atomic mass is 10.2. The van der Waals surface area contributed by atoms with Crippen LogP contribution in [0.15, 0.2) is 113 Å². The van der Waals surface area contributed by atoms with Gasteiger partial charge in [0.05, 0.1) is 34.5 Å². The molecule has 0 aliphatic rings. The lowest BCUT2D eigenvalue weighted by Crippen LogP contribution is -2.39. The third-order valence-electron chi connectivity index (χ3n) is 6.00. The fourth-order valence-electron chi connectivity index (χ4n) is 3.85. The average molecular weight is 618 g/mol. The van der Waals surface area contributed by atoms with E-state index in [0.717, 1.165) is 16.4 Å². The summed E-state index contributed by atoms with van der Waals surface area (Å²) in [5.74, 6) is -0.181. The number of amides is 2. The number of non-ortho nitro benzene ring substituents is 1. The SMILES string of the molecule is COc1ccccc1NC(=O)COc1ccc(/C=N\NC(=O)CN(c2ccc([N+](=O)[O-])cc2)S(=O)(=O)c2ccccc2)cc1. The summed E-state index contributed by atoms with van der Waals surface area (Å²) in [4.78, 5) is 35.4. The van der Waals surface area contributed by atoms with E-state index in [4.69, 9.17) is 9.47 Å². The molecule has 4 aromatic rings. The molecule has 0 saturated carbocycles. The van der Waals surface area contributed by atoms with Crippen molar-refractivity contribution in [1.29, 1.82) is 0 Å². The summed E-state index contributed by atoms with van der Waals surface area (Å²) in [5, 5.41) is 17.6. The third-order valence-corrected chi connectivity index (χ3v) is 7.79. The molecule has 44 heavy (non-hydrogen) atoms. The number of ether oxygens (including phenoxy) is 2. The predicted molar refractivity (Wildman–Crippen MR) is 163 cm³/mol. The monoisotopic (exact) mass is 617 g/mol. The van der Waals surface area contributed by atoms with Crippen LogP contribution in [0.5, 0.6) is 11.5 Å². The first-order valence-corrected chi connectivity index (χ1v) is 14.4. The zero-order chi connectivity index (χ0) is 31.5. The normalized spacial score (nSPS) is 11.0. The molecule has 4 rings (SSSR count). The van der Waals surface area contributed by atoms with Crippen LogP contribution >= 0.6 is 0 Å². The van der Waals surface area contributed by atoms with Crippen molar-refractivity contribution in [2.75, 3.05) is 29.9 Å². The van der Waals surface area contributed by atoms with Gasteiger partial charge in [-0.25, -0.2) is 13.8 Å². The Bertz CT molecular complexity index is 1750. The zero-order valence-corrected chi connectivity index (χ0v) is 24.1. The Morgan fingerprint density at radius 2 is 1.57 bits per heavy atom. The van der Waals surface area contributed by atoms with Crippen LogP contribution in [-0.4, -0.2) is 51.6 Å². The molecule has 4 aromatic carbocycles. The molecule has 0 spiro atoms. The van der Waals surface area contributed by atoms with Gasteiger partial charge in [0.25, 0.3) is 27.5 Å². The van der Waals surface area contributed by atoms with Crippen molar-refractivity contribution < 1.29 is 32.4 Å². The van der Waals surface area contributed by atoms with Gasteiger partial charge in [-0.15, -0.1) is 0 Å². The van der Waals surface area contributed by atoms with Crippen LogP contribution < -0.4 is 24.5 Å². The summed E-state index contributed by atoms with van der Waals surface area (Å²) in [6.07, 6.45) is 1.35. The van der Waals surface area contributed by atoms with Gasteiger partial charge in [0.15, 0.2) is 6.61 Å². The first-order valence-electron chi connectivity index (χ1n) is 13.0. The zero-order valence-electron chi connectivity index (χ0n) is 23.3. The maximum atomic E-state index is 13.4. The molecule has 0 atom stereocenters. The number of sulfonamides is 1. The lowest BCUT2D eigenvalue weighted by Gasteiger charge is -2.23. The molecule has 0 radical (unpaired) electrons. The highest BCUT2D eigenvalue weighted by Gasteiger charge is 2.27. The van der Waals surface area contributed by atoms with Gasteiger partial charge in [-0.3, -0.25) is 24.0 Å².